The fourth-order valence-electron chi connectivity index (χ4n) is 3.98. The van der Waals surface area contributed by atoms with Crippen LogP contribution >= 0.6 is 7.92 Å². The summed E-state index contributed by atoms with van der Waals surface area (Å²) in [6, 6.07) is 14.3. The summed E-state index contributed by atoms with van der Waals surface area (Å²) in [7, 11) is -0.289. The highest BCUT2D eigenvalue weighted by Gasteiger charge is 2.32. The van der Waals surface area contributed by atoms with Crippen LogP contribution < -0.4 is 15.5 Å². The Bertz CT molecular complexity index is 746. The fraction of sp³-hybridized carbons (Fsp3) is 0.455. The molecule has 0 amide bonds. The van der Waals surface area contributed by atoms with Crippen molar-refractivity contribution in [2.45, 2.75) is 59.4 Å². The molecule has 128 valence electrons. The van der Waals surface area contributed by atoms with E-state index in [0.717, 1.165) is 0 Å². The number of fused-ring (bicyclic) bond motifs is 2. The van der Waals surface area contributed by atoms with E-state index in [0.29, 0.717) is 17.9 Å². The van der Waals surface area contributed by atoms with E-state index in [1.165, 1.54) is 22.2 Å². The van der Waals surface area contributed by atoms with E-state index in [2.05, 4.69) is 89.5 Å². The Morgan fingerprint density at radius 1 is 0.792 bits per heavy atom. The molecule has 0 aliphatic carbocycles. The van der Waals surface area contributed by atoms with Crippen molar-refractivity contribution in [1.82, 2.24) is 0 Å². The molecule has 0 saturated heterocycles. The first-order valence-electron chi connectivity index (χ1n) is 9.13. The normalized spacial score (nSPS) is 16.8. The molecule has 0 N–H and O–H groups in total. The zero-order valence-corrected chi connectivity index (χ0v) is 17.0. The molecule has 1 atom stereocenters. The first kappa shape index (κ1) is 17.5. The molecule has 0 bridgehead atoms. The van der Waals surface area contributed by atoms with E-state index in [4.69, 9.17) is 0 Å². The van der Waals surface area contributed by atoms with Crippen molar-refractivity contribution in [1.29, 1.82) is 0 Å². The van der Waals surface area contributed by atoms with Gasteiger partial charge in [0.05, 0.1) is 5.69 Å². The third-order valence-electron chi connectivity index (χ3n) is 5.05. The van der Waals surface area contributed by atoms with Gasteiger partial charge in [0.2, 0.25) is 0 Å². The molecule has 0 fully saturated rings. The van der Waals surface area contributed by atoms with Crippen LogP contribution in [0.3, 0.4) is 0 Å². The summed E-state index contributed by atoms with van der Waals surface area (Å²) in [6.07, 6.45) is 0. The van der Waals surface area contributed by atoms with Gasteiger partial charge in [-0.3, -0.25) is 0 Å². The Balaban J connectivity index is 2.36. The average Bonchev–Trinajstić information content (AvgIpc) is 2.53. The van der Waals surface area contributed by atoms with Crippen LogP contribution in [0.1, 0.15) is 64.5 Å². The lowest BCUT2D eigenvalue weighted by atomic mass is 9.88. The first-order chi connectivity index (χ1) is 11.3. The maximum absolute atomic E-state index is 2.59. The molecule has 3 rings (SSSR count). The van der Waals surface area contributed by atoms with Gasteiger partial charge in [-0.05, 0) is 57.5 Å². The van der Waals surface area contributed by atoms with E-state index < -0.39 is 0 Å². The second-order valence-corrected chi connectivity index (χ2v) is 9.84. The van der Waals surface area contributed by atoms with Gasteiger partial charge in [0, 0.05) is 22.3 Å². The van der Waals surface area contributed by atoms with E-state index >= 15 is 0 Å². The SMILES string of the molecule is CC(C)c1ccc2c(c1C(C)C)N(C(C)C)c1ccccc1P2C. The highest BCUT2D eigenvalue weighted by molar-refractivity contribution is 7.73. The fourth-order valence-corrected chi connectivity index (χ4v) is 5.92. The summed E-state index contributed by atoms with van der Waals surface area (Å²) >= 11 is 0. The minimum atomic E-state index is -0.289. The number of rotatable bonds is 3. The van der Waals surface area contributed by atoms with Crippen molar-refractivity contribution < 1.29 is 0 Å². The minimum Gasteiger partial charge on any atom is -0.338 e. The summed E-state index contributed by atoms with van der Waals surface area (Å²) in [6.45, 7) is 16.4. The van der Waals surface area contributed by atoms with Crippen LogP contribution in [0.25, 0.3) is 0 Å². The second-order valence-electron chi connectivity index (χ2n) is 7.76. The second kappa shape index (κ2) is 6.52. The third-order valence-corrected chi connectivity index (χ3v) is 7.23. The van der Waals surface area contributed by atoms with E-state index in [1.807, 2.05) is 0 Å². The summed E-state index contributed by atoms with van der Waals surface area (Å²) < 4.78 is 0. The summed E-state index contributed by atoms with van der Waals surface area (Å²) in [4.78, 5) is 2.59. The standard InChI is InChI=1S/C22H30NP/c1-14(2)17-12-13-20-22(21(17)15(3)4)23(16(5)6)18-10-8-9-11-19(18)24(20)7/h8-16H,1-7H3. The topological polar surface area (TPSA) is 3.24 Å². The smallest absolute Gasteiger partial charge is 0.0532 e. The average molecular weight is 339 g/mol. The first-order valence-corrected chi connectivity index (χ1v) is 10.9. The Labute approximate surface area is 148 Å². The van der Waals surface area contributed by atoms with Crippen LogP contribution in [0.2, 0.25) is 0 Å². The Morgan fingerprint density at radius 2 is 1.46 bits per heavy atom. The lowest BCUT2D eigenvalue weighted by Crippen LogP contribution is -2.38. The van der Waals surface area contributed by atoms with Gasteiger partial charge in [0.15, 0.2) is 0 Å². The van der Waals surface area contributed by atoms with E-state index in [9.17, 15) is 0 Å². The van der Waals surface area contributed by atoms with Gasteiger partial charge in [0.25, 0.3) is 0 Å². The van der Waals surface area contributed by atoms with Crippen LogP contribution in [0.5, 0.6) is 0 Å². The molecule has 0 spiro atoms. The summed E-state index contributed by atoms with van der Waals surface area (Å²) in [5.41, 5.74) is 5.98. The lowest BCUT2D eigenvalue weighted by Gasteiger charge is -2.42. The van der Waals surface area contributed by atoms with Gasteiger partial charge in [0.1, 0.15) is 0 Å². The van der Waals surface area contributed by atoms with Crippen LogP contribution in [-0.2, 0) is 0 Å². The largest absolute Gasteiger partial charge is 0.338 e. The van der Waals surface area contributed by atoms with Crippen molar-refractivity contribution in [2.75, 3.05) is 11.6 Å². The molecule has 1 unspecified atom stereocenters. The predicted molar refractivity (Wildman–Crippen MR) is 110 cm³/mol. The quantitative estimate of drug-likeness (QED) is 0.633. The highest BCUT2D eigenvalue weighted by atomic mass is 31.1. The number of nitrogens with zero attached hydrogens (tertiary/aromatic N) is 1. The Kier molecular flexibility index (Phi) is 4.76. The van der Waals surface area contributed by atoms with Crippen LogP contribution in [-0.4, -0.2) is 12.7 Å². The van der Waals surface area contributed by atoms with Crippen LogP contribution in [0, 0.1) is 0 Å². The Hall–Kier alpha value is -1.33. The zero-order valence-electron chi connectivity index (χ0n) is 16.1. The molecule has 0 aromatic heterocycles. The monoisotopic (exact) mass is 339 g/mol. The third kappa shape index (κ3) is 2.68. The molecular weight excluding hydrogens is 309 g/mol. The van der Waals surface area contributed by atoms with Gasteiger partial charge in [-0.25, -0.2) is 0 Å². The van der Waals surface area contributed by atoms with Crippen molar-refractivity contribution in [3.8, 4) is 0 Å². The zero-order chi connectivity index (χ0) is 17.6. The molecular formula is C22H30NP. The van der Waals surface area contributed by atoms with Gasteiger partial charge < -0.3 is 4.90 Å². The number of hydrogen-bond donors (Lipinski definition) is 0. The lowest BCUT2D eigenvalue weighted by molar-refractivity contribution is 0.754. The van der Waals surface area contributed by atoms with Crippen molar-refractivity contribution in [3.63, 3.8) is 0 Å². The maximum atomic E-state index is 2.59. The van der Waals surface area contributed by atoms with Crippen LogP contribution in [0.15, 0.2) is 36.4 Å². The van der Waals surface area contributed by atoms with Gasteiger partial charge in [-0.1, -0.05) is 58.0 Å². The molecule has 24 heavy (non-hydrogen) atoms. The van der Waals surface area contributed by atoms with Crippen molar-refractivity contribution >= 4 is 29.9 Å². The van der Waals surface area contributed by atoms with Crippen LogP contribution in [0.4, 0.5) is 11.4 Å². The highest BCUT2D eigenvalue weighted by Crippen LogP contribution is 2.48. The maximum Gasteiger partial charge on any atom is 0.0532 e. The molecule has 1 aliphatic rings. The number of benzene rings is 2. The molecule has 2 heteroatoms. The molecule has 1 nitrogen and oxygen atoms in total. The summed E-state index contributed by atoms with van der Waals surface area (Å²) in [5, 5.41) is 3.06. The number of hydrogen-bond acceptors (Lipinski definition) is 1. The predicted octanol–water partition coefficient (Wildman–Crippen LogP) is 5.86. The molecule has 2 aromatic carbocycles. The summed E-state index contributed by atoms with van der Waals surface area (Å²) in [5.74, 6) is 1.09. The van der Waals surface area contributed by atoms with Gasteiger partial charge >= 0.3 is 0 Å². The molecule has 2 aromatic rings. The number of anilines is 2. The van der Waals surface area contributed by atoms with Gasteiger partial charge in [-0.2, -0.15) is 0 Å². The van der Waals surface area contributed by atoms with Gasteiger partial charge in [-0.15, -0.1) is 0 Å². The molecule has 1 aliphatic heterocycles. The molecule has 0 saturated carbocycles. The van der Waals surface area contributed by atoms with Crippen molar-refractivity contribution in [3.05, 3.63) is 47.5 Å². The Morgan fingerprint density at radius 3 is 2.04 bits per heavy atom. The van der Waals surface area contributed by atoms with Crippen molar-refractivity contribution in [2.24, 2.45) is 0 Å². The van der Waals surface area contributed by atoms with E-state index in [-0.39, 0.29) is 7.92 Å². The molecule has 1 heterocycles. The van der Waals surface area contributed by atoms with E-state index in [1.54, 1.807) is 10.9 Å². The number of para-hydroxylation sites is 1. The minimum absolute atomic E-state index is 0.289. The molecule has 0 radical (unpaired) electrons.